The number of sulfonamides is 1. The molecule has 0 aromatic heterocycles. The third-order valence-corrected chi connectivity index (χ3v) is 5.98. The lowest BCUT2D eigenvalue weighted by molar-refractivity contribution is -0.116. The van der Waals surface area contributed by atoms with E-state index >= 15 is 0 Å². The van der Waals surface area contributed by atoms with Crippen LogP contribution >= 0.6 is 0 Å². The normalized spacial score (nSPS) is 13.1. The van der Waals surface area contributed by atoms with Gasteiger partial charge >= 0.3 is 0 Å². The number of nitrogens with one attached hydrogen (secondary N) is 1. The number of aliphatic imine (C=N–C) groups is 1. The summed E-state index contributed by atoms with van der Waals surface area (Å²) in [6.45, 7) is -0.526. The lowest BCUT2D eigenvalue weighted by Crippen LogP contribution is -2.30. The minimum Gasteiger partial charge on any atom is -0.383 e. The highest BCUT2D eigenvalue weighted by Gasteiger charge is 2.16. The van der Waals surface area contributed by atoms with Crippen molar-refractivity contribution in [2.45, 2.75) is 17.4 Å². The molecular weight excluding hydrogens is 416 g/mol. The van der Waals surface area contributed by atoms with Crippen LogP contribution in [0.15, 0.2) is 76.6 Å². The molecule has 3 aromatic carbocycles. The fourth-order valence-corrected chi connectivity index (χ4v) is 3.95. The van der Waals surface area contributed by atoms with Gasteiger partial charge in [-0.2, -0.15) is 4.99 Å². The van der Waals surface area contributed by atoms with E-state index in [4.69, 9.17) is 11.5 Å². The van der Waals surface area contributed by atoms with Crippen molar-refractivity contribution < 1.29 is 18.0 Å². The number of rotatable bonds is 8. The molecule has 0 unspecified atom stereocenters. The molecule has 3 aromatic rings. The quantitative estimate of drug-likeness (QED) is 0.273. The summed E-state index contributed by atoms with van der Waals surface area (Å²) < 4.78 is 27.3. The van der Waals surface area contributed by atoms with Crippen LogP contribution in [0.4, 0.5) is 0 Å². The van der Waals surface area contributed by atoms with E-state index in [0.717, 1.165) is 16.3 Å². The number of benzene rings is 3. The largest absolute Gasteiger partial charge is 0.383 e. The van der Waals surface area contributed by atoms with Gasteiger partial charge < -0.3 is 16.3 Å². The summed E-state index contributed by atoms with van der Waals surface area (Å²) in [5, 5.41) is 1.69. The Bertz CT molecular complexity index is 1240. The van der Waals surface area contributed by atoms with Crippen LogP contribution < -0.4 is 16.2 Å². The average molecular weight is 439 g/mol. The van der Waals surface area contributed by atoms with Crippen LogP contribution in [0.2, 0.25) is 0 Å². The molecule has 0 aliphatic heterocycles. The summed E-state index contributed by atoms with van der Waals surface area (Å²) in [6, 6.07) is 18.3. The highest BCUT2D eigenvalue weighted by molar-refractivity contribution is 7.89. The fraction of sp³-hybridized carbons (Fsp3) is 0.136. The lowest BCUT2D eigenvalue weighted by Gasteiger charge is -2.07. The molecule has 0 saturated carbocycles. The number of carbonyl (C=O) groups is 2. The predicted molar refractivity (Wildman–Crippen MR) is 119 cm³/mol. The molecule has 8 nitrogen and oxygen atoms in total. The van der Waals surface area contributed by atoms with E-state index in [2.05, 4.69) is 9.71 Å². The molecule has 9 heteroatoms. The molecule has 1 amide bonds. The zero-order valence-electron chi connectivity index (χ0n) is 16.6. The number of nitrogens with two attached hydrogens (primary N) is 2. The van der Waals surface area contributed by atoms with Gasteiger partial charge in [-0.3, -0.25) is 4.79 Å². The first-order valence-electron chi connectivity index (χ1n) is 9.44. The number of hydrogen-bond acceptors (Lipinski definition) is 5. The van der Waals surface area contributed by atoms with Crippen molar-refractivity contribution in [1.29, 1.82) is 0 Å². The molecule has 3 rings (SSSR count). The van der Waals surface area contributed by atoms with Crippen LogP contribution in [-0.2, 0) is 26.0 Å². The zero-order chi connectivity index (χ0) is 22.4. The molecule has 0 radical (unpaired) electrons. The van der Waals surface area contributed by atoms with Crippen molar-refractivity contribution in [2.24, 2.45) is 16.5 Å². The van der Waals surface area contributed by atoms with Crippen molar-refractivity contribution in [3.63, 3.8) is 0 Å². The number of amidine groups is 1. The monoisotopic (exact) mass is 438 g/mol. The predicted octanol–water partition coefficient (Wildman–Crippen LogP) is 1.12. The summed E-state index contributed by atoms with van der Waals surface area (Å²) in [4.78, 5) is 26.6. The first kappa shape index (κ1) is 22.3. The first-order chi connectivity index (χ1) is 14.8. The maximum absolute atomic E-state index is 12.5. The van der Waals surface area contributed by atoms with Crippen molar-refractivity contribution >= 4 is 38.8 Å². The van der Waals surface area contributed by atoms with Gasteiger partial charge in [-0.25, -0.2) is 13.1 Å². The van der Waals surface area contributed by atoms with Gasteiger partial charge in [-0.15, -0.1) is 0 Å². The number of carbonyl (C=O) groups excluding carboxylic acids is 2. The summed E-state index contributed by atoms with van der Waals surface area (Å²) in [7, 11) is -3.89. The molecule has 0 aliphatic carbocycles. The summed E-state index contributed by atoms with van der Waals surface area (Å²) >= 11 is 0. The molecule has 160 valence electrons. The van der Waals surface area contributed by atoms with Crippen molar-refractivity contribution in [3.05, 3.63) is 77.9 Å². The van der Waals surface area contributed by atoms with Gasteiger partial charge in [0.2, 0.25) is 10.0 Å². The second-order valence-corrected chi connectivity index (χ2v) is 8.69. The minimum atomic E-state index is -3.89. The SMILES string of the molecule is NC(=NC(=O)CNS(=O)(=O)c1ccc2ccccc2c1)c1ccc(C[C@H](N)C=O)cc1. The van der Waals surface area contributed by atoms with Crippen LogP contribution in [0.3, 0.4) is 0 Å². The van der Waals surface area contributed by atoms with E-state index in [1.54, 1.807) is 30.3 Å². The van der Waals surface area contributed by atoms with Crippen LogP contribution in [0.1, 0.15) is 11.1 Å². The second-order valence-electron chi connectivity index (χ2n) is 6.93. The number of nitrogens with zero attached hydrogens (tertiary/aromatic N) is 1. The van der Waals surface area contributed by atoms with E-state index in [-0.39, 0.29) is 10.7 Å². The van der Waals surface area contributed by atoms with Gasteiger partial charge in [0.05, 0.1) is 17.5 Å². The molecule has 0 bridgehead atoms. The van der Waals surface area contributed by atoms with Gasteiger partial charge in [-0.05, 0) is 34.9 Å². The van der Waals surface area contributed by atoms with Gasteiger partial charge in [0.1, 0.15) is 12.1 Å². The van der Waals surface area contributed by atoms with E-state index < -0.39 is 28.5 Å². The number of amides is 1. The number of aldehydes is 1. The Kier molecular flexibility index (Phi) is 6.91. The molecule has 5 N–H and O–H groups in total. The lowest BCUT2D eigenvalue weighted by atomic mass is 10.1. The summed E-state index contributed by atoms with van der Waals surface area (Å²) in [5.41, 5.74) is 12.8. The van der Waals surface area contributed by atoms with E-state index in [1.807, 2.05) is 24.3 Å². The summed E-state index contributed by atoms with van der Waals surface area (Å²) in [6.07, 6.45) is 1.05. The Balaban J connectivity index is 1.65. The van der Waals surface area contributed by atoms with Gasteiger partial charge in [0.15, 0.2) is 0 Å². The third-order valence-electron chi connectivity index (χ3n) is 4.59. The smallest absolute Gasteiger partial charge is 0.262 e. The average Bonchev–Trinajstić information content (AvgIpc) is 2.77. The van der Waals surface area contributed by atoms with Crippen molar-refractivity contribution in [1.82, 2.24) is 4.72 Å². The molecule has 0 saturated heterocycles. The Morgan fingerprint density at radius 2 is 1.71 bits per heavy atom. The molecule has 0 heterocycles. The molecule has 0 fully saturated rings. The highest BCUT2D eigenvalue weighted by Crippen LogP contribution is 2.18. The van der Waals surface area contributed by atoms with Gasteiger partial charge in [0, 0.05) is 5.56 Å². The Labute approximate surface area is 180 Å². The van der Waals surface area contributed by atoms with Crippen LogP contribution in [0.25, 0.3) is 10.8 Å². The van der Waals surface area contributed by atoms with E-state index in [1.165, 1.54) is 12.1 Å². The minimum absolute atomic E-state index is 0.0406. The van der Waals surface area contributed by atoms with Gasteiger partial charge in [-0.1, -0.05) is 54.6 Å². The Morgan fingerprint density at radius 1 is 1.03 bits per heavy atom. The molecular formula is C22H22N4O4S. The fourth-order valence-electron chi connectivity index (χ4n) is 2.94. The Morgan fingerprint density at radius 3 is 2.39 bits per heavy atom. The highest BCUT2D eigenvalue weighted by atomic mass is 32.2. The topological polar surface area (TPSA) is 145 Å². The van der Waals surface area contributed by atoms with Crippen molar-refractivity contribution in [2.75, 3.05) is 6.54 Å². The molecule has 31 heavy (non-hydrogen) atoms. The number of hydrogen-bond donors (Lipinski definition) is 3. The maximum atomic E-state index is 12.5. The number of fused-ring (bicyclic) bond motifs is 1. The van der Waals surface area contributed by atoms with E-state index in [0.29, 0.717) is 18.3 Å². The summed E-state index contributed by atoms with van der Waals surface area (Å²) in [5.74, 6) is -0.768. The zero-order valence-corrected chi connectivity index (χ0v) is 17.4. The molecule has 1 atom stereocenters. The molecule has 0 spiro atoms. The van der Waals surface area contributed by atoms with Crippen LogP contribution in [-0.4, -0.2) is 39.0 Å². The van der Waals surface area contributed by atoms with Crippen molar-refractivity contribution in [3.8, 4) is 0 Å². The maximum Gasteiger partial charge on any atom is 0.262 e. The standard InChI is InChI=1S/C22H22N4O4S/c23-19(14-27)11-15-5-7-17(8-6-15)22(24)26-21(28)13-25-31(29,30)20-10-9-16-3-1-2-4-18(16)12-20/h1-10,12,14,19,25H,11,13,23H2,(H2,24,26,28)/t19-/m0/s1. The van der Waals surface area contributed by atoms with E-state index in [9.17, 15) is 18.0 Å². The van der Waals surface area contributed by atoms with Crippen LogP contribution in [0.5, 0.6) is 0 Å². The third kappa shape index (κ3) is 5.82. The second kappa shape index (κ2) is 9.61. The first-order valence-corrected chi connectivity index (χ1v) is 10.9. The van der Waals surface area contributed by atoms with Gasteiger partial charge in [0.25, 0.3) is 5.91 Å². The Hall–Kier alpha value is -3.40. The molecule has 0 aliphatic rings. The van der Waals surface area contributed by atoms with Crippen LogP contribution in [0, 0.1) is 0 Å².